The summed E-state index contributed by atoms with van der Waals surface area (Å²) in [5.74, 6) is 0.930. The molecule has 2 heterocycles. The molecule has 1 aliphatic rings. The molecule has 0 bridgehead atoms. The number of aromatic nitrogens is 1. The Morgan fingerprint density at radius 1 is 1.46 bits per heavy atom. The number of hydrogen-bond acceptors (Lipinski definition) is 2. The van der Waals surface area contributed by atoms with Crippen molar-refractivity contribution in [3.8, 4) is 5.75 Å². The number of aromatic amines is 1. The minimum atomic E-state index is 0.0303. The van der Waals surface area contributed by atoms with Crippen LogP contribution in [0.25, 0.3) is 10.9 Å². The molecular weight excluding hydrogens is 164 g/mol. The van der Waals surface area contributed by atoms with Gasteiger partial charge >= 0.3 is 0 Å². The molecule has 0 unspecified atom stereocenters. The minimum Gasteiger partial charge on any atom is -0.491 e. The second kappa shape index (κ2) is 2.26. The smallest absolute Gasteiger partial charge is 0.125 e. The van der Waals surface area contributed by atoms with Crippen LogP contribution in [-0.2, 0) is 0 Å². The van der Waals surface area contributed by atoms with E-state index in [1.165, 1.54) is 5.39 Å². The molecule has 3 nitrogen and oxygen atoms in total. The summed E-state index contributed by atoms with van der Waals surface area (Å²) in [6.45, 7) is 0.599. The van der Waals surface area contributed by atoms with Gasteiger partial charge in [-0.1, -0.05) is 0 Å². The maximum Gasteiger partial charge on any atom is 0.125 e. The summed E-state index contributed by atoms with van der Waals surface area (Å²) < 4.78 is 5.45. The highest BCUT2D eigenvalue weighted by Crippen LogP contribution is 2.34. The van der Waals surface area contributed by atoms with E-state index in [-0.39, 0.29) is 6.04 Å². The van der Waals surface area contributed by atoms with Crippen LogP contribution in [0.4, 0.5) is 0 Å². The normalized spacial score (nSPS) is 20.2. The number of nitrogens with one attached hydrogen (secondary N) is 1. The molecule has 0 fully saturated rings. The number of nitrogens with two attached hydrogens (primary N) is 1. The Morgan fingerprint density at radius 2 is 2.38 bits per heavy atom. The molecule has 0 saturated carbocycles. The van der Waals surface area contributed by atoms with E-state index in [1.807, 2.05) is 18.3 Å². The van der Waals surface area contributed by atoms with Gasteiger partial charge in [-0.15, -0.1) is 0 Å². The van der Waals surface area contributed by atoms with E-state index in [9.17, 15) is 0 Å². The van der Waals surface area contributed by atoms with Crippen molar-refractivity contribution < 1.29 is 4.74 Å². The summed E-state index contributed by atoms with van der Waals surface area (Å²) in [6, 6.07) is 6.17. The zero-order chi connectivity index (χ0) is 8.84. The molecule has 3 N–H and O–H groups in total. The van der Waals surface area contributed by atoms with E-state index < -0.39 is 0 Å². The van der Waals surface area contributed by atoms with Crippen molar-refractivity contribution in [1.82, 2.24) is 4.98 Å². The predicted octanol–water partition coefficient (Wildman–Crippen LogP) is 1.56. The highest BCUT2D eigenvalue weighted by Gasteiger charge is 2.20. The zero-order valence-electron chi connectivity index (χ0n) is 7.08. The molecule has 1 aromatic carbocycles. The second-order valence-corrected chi connectivity index (χ2v) is 3.37. The molecule has 66 valence electrons. The molecule has 0 amide bonds. The molecule has 13 heavy (non-hydrogen) atoms. The molecule has 0 aliphatic carbocycles. The lowest BCUT2D eigenvalue weighted by molar-refractivity contribution is 0.333. The molecule has 2 aromatic rings. The molecule has 0 saturated heterocycles. The second-order valence-electron chi connectivity index (χ2n) is 3.37. The van der Waals surface area contributed by atoms with Gasteiger partial charge in [0, 0.05) is 22.7 Å². The van der Waals surface area contributed by atoms with Crippen LogP contribution in [0.2, 0.25) is 0 Å². The van der Waals surface area contributed by atoms with Crippen LogP contribution in [-0.4, -0.2) is 11.6 Å². The summed E-state index contributed by atoms with van der Waals surface area (Å²) in [7, 11) is 0. The van der Waals surface area contributed by atoms with E-state index in [0.717, 1.165) is 16.8 Å². The minimum absolute atomic E-state index is 0.0303. The van der Waals surface area contributed by atoms with Crippen LogP contribution in [0.3, 0.4) is 0 Å². The van der Waals surface area contributed by atoms with Gasteiger partial charge in [-0.2, -0.15) is 0 Å². The summed E-state index contributed by atoms with van der Waals surface area (Å²) in [4.78, 5) is 3.16. The van der Waals surface area contributed by atoms with Crippen molar-refractivity contribution in [2.24, 2.45) is 5.73 Å². The van der Waals surface area contributed by atoms with E-state index >= 15 is 0 Å². The van der Waals surface area contributed by atoms with Gasteiger partial charge in [0.15, 0.2) is 0 Å². The van der Waals surface area contributed by atoms with Crippen LogP contribution in [0, 0.1) is 0 Å². The molecule has 0 spiro atoms. The SMILES string of the molecule is N[C@@H]1COc2cc3cc[nH]c3cc21. The Hall–Kier alpha value is -1.48. The van der Waals surface area contributed by atoms with Gasteiger partial charge in [0.1, 0.15) is 12.4 Å². The standard InChI is InChI=1S/C10H10N2O/c11-8-5-13-10-3-6-1-2-12-9(6)4-7(8)10/h1-4,8,12H,5,11H2/t8-/m1/s1. The Kier molecular flexibility index (Phi) is 1.21. The molecular formula is C10H10N2O. The predicted molar refractivity (Wildman–Crippen MR) is 50.7 cm³/mol. The van der Waals surface area contributed by atoms with Crippen LogP contribution in [0.15, 0.2) is 24.4 Å². The van der Waals surface area contributed by atoms with E-state index in [0.29, 0.717) is 6.61 Å². The van der Waals surface area contributed by atoms with Crippen molar-refractivity contribution in [2.75, 3.05) is 6.61 Å². The number of rotatable bonds is 0. The van der Waals surface area contributed by atoms with Crippen LogP contribution in [0.5, 0.6) is 5.75 Å². The first-order valence-electron chi connectivity index (χ1n) is 4.34. The fourth-order valence-corrected chi connectivity index (χ4v) is 1.78. The number of fused-ring (bicyclic) bond motifs is 2. The molecule has 3 heteroatoms. The Bertz CT molecular complexity index is 461. The molecule has 0 radical (unpaired) electrons. The third kappa shape index (κ3) is 0.876. The number of benzene rings is 1. The molecule has 1 atom stereocenters. The van der Waals surface area contributed by atoms with E-state index in [2.05, 4.69) is 11.1 Å². The maximum absolute atomic E-state index is 5.87. The van der Waals surface area contributed by atoms with Gasteiger partial charge in [-0.25, -0.2) is 0 Å². The maximum atomic E-state index is 5.87. The van der Waals surface area contributed by atoms with Gasteiger partial charge in [0.25, 0.3) is 0 Å². The lowest BCUT2D eigenvalue weighted by Crippen LogP contribution is -2.10. The fourth-order valence-electron chi connectivity index (χ4n) is 1.78. The molecule has 1 aromatic heterocycles. The summed E-state index contributed by atoms with van der Waals surface area (Å²) in [5, 5.41) is 1.17. The van der Waals surface area contributed by atoms with Crippen LogP contribution >= 0.6 is 0 Å². The fraction of sp³-hybridized carbons (Fsp3) is 0.200. The number of ether oxygens (including phenoxy) is 1. The van der Waals surface area contributed by atoms with E-state index in [1.54, 1.807) is 0 Å². The Labute approximate surface area is 75.5 Å². The third-order valence-corrected chi connectivity index (χ3v) is 2.50. The first-order valence-corrected chi connectivity index (χ1v) is 4.34. The van der Waals surface area contributed by atoms with Crippen LogP contribution < -0.4 is 10.5 Å². The van der Waals surface area contributed by atoms with Gasteiger partial charge < -0.3 is 15.5 Å². The monoisotopic (exact) mass is 174 g/mol. The lowest BCUT2D eigenvalue weighted by Gasteiger charge is -2.00. The first kappa shape index (κ1) is 6.97. The zero-order valence-corrected chi connectivity index (χ0v) is 7.08. The average Bonchev–Trinajstić information content (AvgIpc) is 2.70. The average molecular weight is 174 g/mol. The quantitative estimate of drug-likeness (QED) is 0.636. The van der Waals surface area contributed by atoms with Crippen molar-refractivity contribution >= 4 is 10.9 Å². The Morgan fingerprint density at radius 3 is 3.31 bits per heavy atom. The summed E-state index contributed by atoms with van der Waals surface area (Å²) in [6.07, 6.45) is 1.92. The van der Waals surface area contributed by atoms with Gasteiger partial charge in [-0.3, -0.25) is 0 Å². The molecule has 1 aliphatic heterocycles. The number of hydrogen-bond donors (Lipinski definition) is 2. The Balaban J connectivity index is 2.34. The lowest BCUT2D eigenvalue weighted by atomic mass is 10.1. The third-order valence-electron chi connectivity index (χ3n) is 2.50. The van der Waals surface area contributed by atoms with Crippen molar-refractivity contribution in [1.29, 1.82) is 0 Å². The number of H-pyrrole nitrogens is 1. The van der Waals surface area contributed by atoms with Gasteiger partial charge in [-0.05, 0) is 18.2 Å². The largest absolute Gasteiger partial charge is 0.491 e. The van der Waals surface area contributed by atoms with Crippen molar-refractivity contribution in [3.63, 3.8) is 0 Å². The van der Waals surface area contributed by atoms with Gasteiger partial charge in [0.05, 0.1) is 6.04 Å². The summed E-state index contributed by atoms with van der Waals surface area (Å²) >= 11 is 0. The highest BCUT2D eigenvalue weighted by atomic mass is 16.5. The van der Waals surface area contributed by atoms with Gasteiger partial charge in [0.2, 0.25) is 0 Å². The van der Waals surface area contributed by atoms with Crippen molar-refractivity contribution in [3.05, 3.63) is 30.0 Å². The van der Waals surface area contributed by atoms with Crippen molar-refractivity contribution in [2.45, 2.75) is 6.04 Å². The van der Waals surface area contributed by atoms with E-state index in [4.69, 9.17) is 10.5 Å². The highest BCUT2D eigenvalue weighted by molar-refractivity contribution is 5.82. The molecule has 3 rings (SSSR count). The first-order chi connectivity index (χ1) is 6.34. The summed E-state index contributed by atoms with van der Waals surface area (Å²) in [5.41, 5.74) is 8.10. The topological polar surface area (TPSA) is 51.0 Å². The van der Waals surface area contributed by atoms with Crippen LogP contribution in [0.1, 0.15) is 11.6 Å².